The molecule has 0 unspecified atom stereocenters. The molecule has 0 saturated carbocycles. The Kier molecular flexibility index (Phi) is 7.23. The molecule has 1 fully saturated rings. The van der Waals surface area contributed by atoms with Crippen molar-refractivity contribution in [3.8, 4) is 5.75 Å². The highest BCUT2D eigenvalue weighted by Crippen LogP contribution is 2.33. The third kappa shape index (κ3) is 5.78. The summed E-state index contributed by atoms with van der Waals surface area (Å²) in [5.74, 6) is 0.291. The van der Waals surface area contributed by atoms with Crippen LogP contribution in [0.3, 0.4) is 0 Å². The molecule has 3 aromatic carbocycles. The highest BCUT2D eigenvalue weighted by Gasteiger charge is 2.29. The highest BCUT2D eigenvalue weighted by atomic mass is 32.2. The molecule has 34 heavy (non-hydrogen) atoms. The van der Waals surface area contributed by atoms with Gasteiger partial charge in [0.05, 0.1) is 29.9 Å². The molecule has 0 radical (unpaired) electrons. The van der Waals surface area contributed by atoms with Crippen LogP contribution < -0.4 is 15.4 Å². The minimum Gasteiger partial charge on any atom is -0.495 e. The van der Waals surface area contributed by atoms with Crippen molar-refractivity contribution in [1.29, 1.82) is 0 Å². The molecule has 1 aliphatic heterocycles. The van der Waals surface area contributed by atoms with Crippen molar-refractivity contribution in [2.45, 2.75) is 16.6 Å². The fourth-order valence-corrected chi connectivity index (χ4v) is 7.26. The molecular formula is C25H24N2O5S2. The molecule has 2 amide bonds. The summed E-state index contributed by atoms with van der Waals surface area (Å²) < 4.78 is 28.8. The van der Waals surface area contributed by atoms with Crippen molar-refractivity contribution in [2.75, 3.05) is 29.2 Å². The molecule has 0 aliphatic carbocycles. The van der Waals surface area contributed by atoms with Crippen LogP contribution in [0, 0.1) is 0 Å². The Labute approximate surface area is 202 Å². The van der Waals surface area contributed by atoms with Gasteiger partial charge in [0.1, 0.15) is 5.75 Å². The summed E-state index contributed by atoms with van der Waals surface area (Å²) in [6.07, 6.45) is 0.585. The maximum atomic E-state index is 12.9. The second-order valence-electron chi connectivity index (χ2n) is 7.82. The van der Waals surface area contributed by atoms with E-state index in [1.54, 1.807) is 54.6 Å². The summed E-state index contributed by atoms with van der Waals surface area (Å²) in [7, 11) is -1.46. The predicted molar refractivity (Wildman–Crippen MR) is 135 cm³/mol. The Hall–Kier alpha value is -3.30. The number of ether oxygens (including phenoxy) is 1. The standard InChI is InChI=1S/C25H24N2O5S2/c1-32-22-8-4-3-7-21(22)27-24(28)17-10-12-18(13-11-17)26-25(29)20-6-2-5-9-23(20)33-19-14-15-34(30,31)16-19/h2-13,19H,14-16H2,1H3,(H,26,29)(H,27,28)/t19-/m1/s1. The van der Waals surface area contributed by atoms with Crippen LogP contribution in [-0.4, -0.2) is 44.1 Å². The van der Waals surface area contributed by atoms with Crippen molar-refractivity contribution in [3.05, 3.63) is 83.9 Å². The van der Waals surface area contributed by atoms with Gasteiger partial charge in [-0.3, -0.25) is 9.59 Å². The molecule has 176 valence electrons. The van der Waals surface area contributed by atoms with E-state index in [-0.39, 0.29) is 28.6 Å². The maximum absolute atomic E-state index is 12.9. The Bertz CT molecular complexity index is 1310. The lowest BCUT2D eigenvalue weighted by molar-refractivity contribution is 0.101. The van der Waals surface area contributed by atoms with E-state index in [0.717, 1.165) is 4.90 Å². The molecule has 1 saturated heterocycles. The maximum Gasteiger partial charge on any atom is 0.256 e. The zero-order chi connectivity index (χ0) is 24.1. The number of benzene rings is 3. The molecule has 2 N–H and O–H groups in total. The fraction of sp³-hybridized carbons (Fsp3) is 0.200. The van der Waals surface area contributed by atoms with Crippen molar-refractivity contribution in [2.24, 2.45) is 0 Å². The quantitative estimate of drug-likeness (QED) is 0.500. The van der Waals surface area contributed by atoms with E-state index in [4.69, 9.17) is 4.74 Å². The van der Waals surface area contributed by atoms with Crippen LogP contribution >= 0.6 is 11.8 Å². The Morgan fingerprint density at radius 3 is 2.32 bits per heavy atom. The Morgan fingerprint density at radius 1 is 0.912 bits per heavy atom. The van der Waals surface area contributed by atoms with Gasteiger partial charge < -0.3 is 15.4 Å². The average Bonchev–Trinajstić information content (AvgIpc) is 3.18. The van der Waals surface area contributed by atoms with Gasteiger partial charge in [-0.05, 0) is 55.0 Å². The van der Waals surface area contributed by atoms with Gasteiger partial charge in [0, 0.05) is 21.4 Å². The van der Waals surface area contributed by atoms with E-state index in [1.807, 2.05) is 18.2 Å². The Balaban J connectivity index is 1.42. The van der Waals surface area contributed by atoms with Crippen molar-refractivity contribution in [3.63, 3.8) is 0 Å². The minimum atomic E-state index is -2.99. The molecule has 0 bridgehead atoms. The number of sulfone groups is 1. The zero-order valence-corrected chi connectivity index (χ0v) is 20.1. The fourth-order valence-electron chi connectivity index (χ4n) is 3.64. The van der Waals surface area contributed by atoms with Gasteiger partial charge in [-0.1, -0.05) is 24.3 Å². The molecule has 9 heteroatoms. The monoisotopic (exact) mass is 496 g/mol. The van der Waals surface area contributed by atoms with E-state index < -0.39 is 9.84 Å². The lowest BCUT2D eigenvalue weighted by Crippen LogP contribution is -2.15. The minimum absolute atomic E-state index is 0.0556. The molecule has 1 atom stereocenters. The number of hydrogen-bond acceptors (Lipinski definition) is 6. The molecule has 4 rings (SSSR count). The third-order valence-corrected chi connectivity index (χ3v) is 8.70. The van der Waals surface area contributed by atoms with E-state index in [2.05, 4.69) is 10.6 Å². The summed E-state index contributed by atoms with van der Waals surface area (Å²) in [5.41, 5.74) is 2.02. The average molecular weight is 497 g/mol. The number of rotatable bonds is 7. The number of carbonyl (C=O) groups excluding carboxylic acids is 2. The van der Waals surface area contributed by atoms with E-state index in [1.165, 1.54) is 18.9 Å². The molecule has 1 heterocycles. The molecule has 0 spiro atoms. The first kappa shape index (κ1) is 23.8. The van der Waals surface area contributed by atoms with Crippen LogP contribution in [0.2, 0.25) is 0 Å². The number of methoxy groups -OCH3 is 1. The topological polar surface area (TPSA) is 102 Å². The molecule has 7 nitrogen and oxygen atoms in total. The van der Waals surface area contributed by atoms with Gasteiger partial charge in [0.25, 0.3) is 11.8 Å². The molecule has 3 aromatic rings. The number of nitrogens with one attached hydrogen (secondary N) is 2. The second-order valence-corrected chi connectivity index (χ2v) is 11.4. The van der Waals surface area contributed by atoms with Gasteiger partial charge in [-0.25, -0.2) is 8.42 Å². The summed E-state index contributed by atoms with van der Waals surface area (Å²) in [4.78, 5) is 26.3. The number of para-hydroxylation sites is 2. The van der Waals surface area contributed by atoms with Crippen LogP contribution in [0.5, 0.6) is 5.75 Å². The van der Waals surface area contributed by atoms with Crippen molar-refractivity contribution in [1.82, 2.24) is 0 Å². The molecule has 1 aliphatic rings. The third-order valence-electron chi connectivity index (χ3n) is 5.38. The summed E-state index contributed by atoms with van der Waals surface area (Å²) in [6.45, 7) is 0. The van der Waals surface area contributed by atoms with Gasteiger partial charge in [0.2, 0.25) is 0 Å². The molecular weight excluding hydrogens is 472 g/mol. The lowest BCUT2D eigenvalue weighted by atomic mass is 10.1. The number of thioether (sulfide) groups is 1. The summed E-state index contributed by atoms with van der Waals surface area (Å²) >= 11 is 1.43. The second kappa shape index (κ2) is 10.3. The highest BCUT2D eigenvalue weighted by molar-refractivity contribution is 8.02. The number of hydrogen-bond donors (Lipinski definition) is 2. The first-order chi connectivity index (χ1) is 16.3. The SMILES string of the molecule is COc1ccccc1NC(=O)c1ccc(NC(=O)c2ccccc2S[C@@H]2CCS(=O)(=O)C2)cc1. The zero-order valence-electron chi connectivity index (χ0n) is 18.5. The van der Waals surface area contributed by atoms with Crippen LogP contribution in [0.1, 0.15) is 27.1 Å². The van der Waals surface area contributed by atoms with E-state index in [9.17, 15) is 18.0 Å². The van der Waals surface area contributed by atoms with Crippen LogP contribution in [-0.2, 0) is 9.84 Å². The van der Waals surface area contributed by atoms with Gasteiger partial charge >= 0.3 is 0 Å². The van der Waals surface area contributed by atoms with Gasteiger partial charge in [0.15, 0.2) is 9.84 Å². The number of carbonyl (C=O) groups is 2. The molecule has 0 aromatic heterocycles. The van der Waals surface area contributed by atoms with Gasteiger partial charge in [-0.2, -0.15) is 0 Å². The van der Waals surface area contributed by atoms with E-state index in [0.29, 0.717) is 34.7 Å². The first-order valence-corrected chi connectivity index (χ1v) is 13.4. The van der Waals surface area contributed by atoms with E-state index >= 15 is 0 Å². The largest absolute Gasteiger partial charge is 0.495 e. The first-order valence-electron chi connectivity index (χ1n) is 10.7. The van der Waals surface area contributed by atoms with Crippen LogP contribution in [0.4, 0.5) is 11.4 Å². The lowest BCUT2D eigenvalue weighted by Gasteiger charge is -2.13. The van der Waals surface area contributed by atoms with Crippen LogP contribution in [0.15, 0.2) is 77.7 Å². The predicted octanol–water partition coefficient (Wildman–Crippen LogP) is 4.48. The van der Waals surface area contributed by atoms with Crippen molar-refractivity contribution < 1.29 is 22.7 Å². The van der Waals surface area contributed by atoms with Crippen LogP contribution in [0.25, 0.3) is 0 Å². The summed E-state index contributed by atoms with van der Waals surface area (Å²) in [6, 6.07) is 20.9. The van der Waals surface area contributed by atoms with Gasteiger partial charge in [-0.15, -0.1) is 11.8 Å². The smallest absolute Gasteiger partial charge is 0.256 e. The summed E-state index contributed by atoms with van der Waals surface area (Å²) in [5, 5.41) is 5.61. The number of anilines is 2. The Morgan fingerprint density at radius 2 is 1.62 bits per heavy atom. The van der Waals surface area contributed by atoms with Crippen molar-refractivity contribution >= 4 is 44.8 Å². The number of amides is 2. The normalized spacial score (nSPS) is 16.6.